The predicted octanol–water partition coefficient (Wildman–Crippen LogP) is -0.472. The molecule has 2 N–H and O–H groups in total. The Kier molecular flexibility index (Phi) is 2.90. The molecule has 1 aliphatic heterocycles. The molecular weight excluding hydrogens is 192 g/mol. The lowest BCUT2D eigenvalue weighted by Gasteiger charge is -2.35. The van der Waals surface area contributed by atoms with Crippen LogP contribution in [0.25, 0.3) is 0 Å². The monoisotopic (exact) mass is 202 g/mol. The number of rotatable bonds is 1. The highest BCUT2D eigenvalue weighted by molar-refractivity contribution is 5.74. The van der Waals surface area contributed by atoms with E-state index in [9.17, 15) is 14.4 Å². The minimum atomic E-state index is -1.20. The van der Waals surface area contributed by atoms with Crippen molar-refractivity contribution >= 4 is 18.5 Å². The first-order chi connectivity index (χ1) is 6.56. The largest absolute Gasteiger partial charge is 0.465 e. The molecule has 78 valence electrons. The van der Waals surface area contributed by atoms with Crippen LogP contribution >= 0.6 is 0 Å². The van der Waals surface area contributed by atoms with Crippen LogP contribution in [0.2, 0.25) is 0 Å². The van der Waals surface area contributed by atoms with Gasteiger partial charge in [-0.1, -0.05) is 0 Å². The van der Waals surface area contributed by atoms with Crippen LogP contribution in [0.5, 0.6) is 0 Å². The number of carbonyl (C=O) groups excluding carboxylic acids is 1. The highest BCUT2D eigenvalue weighted by atomic mass is 16.4. The Morgan fingerprint density at radius 3 is 2.29 bits per heavy atom. The molecule has 1 atom stereocenters. The summed E-state index contributed by atoms with van der Waals surface area (Å²) in [5.74, 6) is 0. The lowest BCUT2D eigenvalue weighted by Crippen LogP contribution is -2.56. The molecule has 0 aromatic heterocycles. The van der Waals surface area contributed by atoms with Crippen LogP contribution in [-0.4, -0.2) is 64.2 Å². The van der Waals surface area contributed by atoms with Crippen LogP contribution in [0, 0.1) is 0 Å². The second-order valence-electron chi connectivity index (χ2n) is 2.91. The SMILES string of the molecule is O=C[C@@H]1CN(C(=O)O)CCN1C(=O)O. The molecule has 7 nitrogen and oxygen atoms in total. The first-order valence-electron chi connectivity index (χ1n) is 3.99. The van der Waals surface area contributed by atoms with Crippen LogP contribution in [0.15, 0.2) is 0 Å². The van der Waals surface area contributed by atoms with E-state index in [1.165, 1.54) is 0 Å². The molecule has 0 unspecified atom stereocenters. The maximum atomic E-state index is 10.6. The molecule has 0 radical (unpaired) electrons. The molecule has 0 spiro atoms. The van der Waals surface area contributed by atoms with E-state index < -0.39 is 18.2 Å². The van der Waals surface area contributed by atoms with Gasteiger partial charge in [-0.3, -0.25) is 4.90 Å². The lowest BCUT2D eigenvalue weighted by molar-refractivity contribution is -0.113. The third kappa shape index (κ3) is 1.93. The smallest absolute Gasteiger partial charge is 0.408 e. The zero-order valence-electron chi connectivity index (χ0n) is 7.29. The molecule has 1 heterocycles. The second-order valence-corrected chi connectivity index (χ2v) is 2.91. The lowest BCUT2D eigenvalue weighted by atomic mass is 10.2. The van der Waals surface area contributed by atoms with Gasteiger partial charge in [0, 0.05) is 13.1 Å². The topological polar surface area (TPSA) is 98.2 Å². The van der Waals surface area contributed by atoms with Crippen LogP contribution in [-0.2, 0) is 4.79 Å². The average Bonchev–Trinajstić information content (AvgIpc) is 2.16. The fraction of sp³-hybridized carbons (Fsp3) is 0.571. The van der Waals surface area contributed by atoms with E-state index >= 15 is 0 Å². The maximum Gasteiger partial charge on any atom is 0.408 e. The molecule has 1 saturated heterocycles. The van der Waals surface area contributed by atoms with Crippen molar-refractivity contribution in [1.29, 1.82) is 0 Å². The summed E-state index contributed by atoms with van der Waals surface area (Å²) < 4.78 is 0. The molecule has 2 amide bonds. The minimum absolute atomic E-state index is 0.0328. The minimum Gasteiger partial charge on any atom is -0.465 e. The Labute approximate surface area is 79.5 Å². The first-order valence-corrected chi connectivity index (χ1v) is 3.99. The highest BCUT2D eigenvalue weighted by Gasteiger charge is 2.31. The quantitative estimate of drug-likeness (QED) is 0.560. The van der Waals surface area contributed by atoms with Crippen molar-refractivity contribution in [3.8, 4) is 0 Å². The van der Waals surface area contributed by atoms with Gasteiger partial charge in [0.05, 0.1) is 6.54 Å². The number of amides is 2. The summed E-state index contributed by atoms with van der Waals surface area (Å²) in [6.45, 7) is 0.0438. The summed E-state index contributed by atoms with van der Waals surface area (Å²) in [4.78, 5) is 33.6. The van der Waals surface area contributed by atoms with Crippen LogP contribution in [0.1, 0.15) is 0 Å². The summed E-state index contributed by atoms with van der Waals surface area (Å²) >= 11 is 0. The average molecular weight is 202 g/mol. The Morgan fingerprint density at radius 1 is 1.21 bits per heavy atom. The Balaban J connectivity index is 2.68. The molecule has 14 heavy (non-hydrogen) atoms. The number of carboxylic acid groups (broad SMARTS) is 2. The molecule has 1 rings (SSSR count). The van der Waals surface area contributed by atoms with Crippen LogP contribution < -0.4 is 0 Å². The van der Waals surface area contributed by atoms with Crippen molar-refractivity contribution in [2.24, 2.45) is 0 Å². The summed E-state index contributed by atoms with van der Waals surface area (Å²) in [5, 5.41) is 17.3. The van der Waals surface area contributed by atoms with Crippen LogP contribution in [0.3, 0.4) is 0 Å². The molecule has 0 saturated carbocycles. The predicted molar refractivity (Wildman–Crippen MR) is 44.2 cm³/mol. The number of aldehydes is 1. The first kappa shape index (κ1) is 10.3. The van der Waals surface area contributed by atoms with E-state index in [2.05, 4.69) is 0 Å². The third-order valence-electron chi connectivity index (χ3n) is 2.09. The molecule has 0 aromatic rings. The van der Waals surface area contributed by atoms with Gasteiger partial charge >= 0.3 is 12.2 Å². The normalized spacial score (nSPS) is 21.9. The van der Waals surface area contributed by atoms with Crippen molar-refractivity contribution in [1.82, 2.24) is 9.80 Å². The van der Waals surface area contributed by atoms with Gasteiger partial charge in [0.2, 0.25) is 0 Å². The van der Waals surface area contributed by atoms with Gasteiger partial charge in [0.15, 0.2) is 0 Å². The number of hydrogen-bond acceptors (Lipinski definition) is 3. The molecule has 0 aromatic carbocycles. The van der Waals surface area contributed by atoms with Crippen molar-refractivity contribution in [2.75, 3.05) is 19.6 Å². The Bertz CT molecular complexity index is 267. The van der Waals surface area contributed by atoms with E-state index in [1.807, 2.05) is 0 Å². The number of nitrogens with zero attached hydrogens (tertiary/aromatic N) is 2. The molecule has 1 fully saturated rings. The summed E-state index contributed by atoms with van der Waals surface area (Å²) in [5.41, 5.74) is 0. The van der Waals surface area contributed by atoms with Gasteiger partial charge in [-0.15, -0.1) is 0 Å². The van der Waals surface area contributed by atoms with Gasteiger partial charge < -0.3 is 19.9 Å². The summed E-state index contributed by atoms with van der Waals surface area (Å²) in [7, 11) is 0. The fourth-order valence-electron chi connectivity index (χ4n) is 1.34. The second kappa shape index (κ2) is 3.95. The summed E-state index contributed by atoms with van der Waals surface area (Å²) in [6, 6.07) is -0.891. The number of carbonyl (C=O) groups is 3. The van der Waals surface area contributed by atoms with Gasteiger partial charge in [-0.25, -0.2) is 9.59 Å². The van der Waals surface area contributed by atoms with Crippen molar-refractivity contribution < 1.29 is 24.6 Å². The van der Waals surface area contributed by atoms with Gasteiger partial charge in [0.25, 0.3) is 0 Å². The van der Waals surface area contributed by atoms with Crippen LogP contribution in [0.4, 0.5) is 9.59 Å². The van der Waals surface area contributed by atoms with Crippen molar-refractivity contribution in [2.45, 2.75) is 6.04 Å². The van der Waals surface area contributed by atoms with Gasteiger partial charge in [-0.05, 0) is 0 Å². The van der Waals surface area contributed by atoms with Crippen molar-refractivity contribution in [3.05, 3.63) is 0 Å². The highest BCUT2D eigenvalue weighted by Crippen LogP contribution is 2.08. The zero-order chi connectivity index (χ0) is 10.7. The molecule has 1 aliphatic rings. The van der Waals surface area contributed by atoms with Crippen molar-refractivity contribution in [3.63, 3.8) is 0 Å². The van der Waals surface area contributed by atoms with E-state index in [4.69, 9.17) is 10.2 Å². The Hall–Kier alpha value is -1.79. The fourth-order valence-corrected chi connectivity index (χ4v) is 1.34. The zero-order valence-corrected chi connectivity index (χ0v) is 7.29. The van der Waals surface area contributed by atoms with E-state index in [1.54, 1.807) is 0 Å². The molecule has 7 heteroatoms. The van der Waals surface area contributed by atoms with E-state index in [0.717, 1.165) is 9.80 Å². The van der Waals surface area contributed by atoms with Gasteiger partial charge in [-0.2, -0.15) is 0 Å². The Morgan fingerprint density at radius 2 is 1.86 bits per heavy atom. The third-order valence-corrected chi connectivity index (χ3v) is 2.09. The maximum absolute atomic E-state index is 10.6. The summed E-state index contributed by atoms with van der Waals surface area (Å²) in [6.07, 6.45) is -1.89. The molecule has 0 bridgehead atoms. The van der Waals surface area contributed by atoms with E-state index in [0.29, 0.717) is 6.29 Å². The molecular formula is C7H10N2O5. The standard InChI is InChI=1S/C7H10N2O5/c10-4-5-3-8(6(11)12)1-2-9(5)7(13)14/h4-5H,1-3H2,(H,11,12)(H,13,14)/t5-/m0/s1. The molecule has 0 aliphatic carbocycles. The van der Waals surface area contributed by atoms with E-state index in [-0.39, 0.29) is 19.6 Å². The number of hydrogen-bond donors (Lipinski definition) is 2. The van der Waals surface area contributed by atoms with Gasteiger partial charge in [0.1, 0.15) is 12.3 Å². The number of piperazine rings is 1.